The summed E-state index contributed by atoms with van der Waals surface area (Å²) in [6.07, 6.45) is 1.47. The highest BCUT2D eigenvalue weighted by atomic mass is 16.6. The number of rotatable bonds is 8. The SMILES string of the molecule is Cc1ccc(COc2ccccc2/C=N/Nc2ccc([N+](=O)[O-])cc2[N+](=O)[O-])cc1. The maximum Gasteiger partial charge on any atom is 0.301 e. The smallest absolute Gasteiger partial charge is 0.301 e. The fourth-order valence-electron chi connectivity index (χ4n) is 2.61. The molecule has 30 heavy (non-hydrogen) atoms. The number of anilines is 1. The summed E-state index contributed by atoms with van der Waals surface area (Å²) in [7, 11) is 0. The van der Waals surface area contributed by atoms with Crippen molar-refractivity contribution in [1.29, 1.82) is 0 Å². The van der Waals surface area contributed by atoms with Gasteiger partial charge in [-0.05, 0) is 30.7 Å². The number of para-hydroxylation sites is 1. The molecule has 0 radical (unpaired) electrons. The van der Waals surface area contributed by atoms with E-state index in [1.165, 1.54) is 18.3 Å². The van der Waals surface area contributed by atoms with E-state index in [0.29, 0.717) is 17.9 Å². The predicted octanol–water partition coefficient (Wildman–Crippen LogP) is 4.84. The van der Waals surface area contributed by atoms with Gasteiger partial charge in [0, 0.05) is 11.6 Å². The van der Waals surface area contributed by atoms with Crippen molar-refractivity contribution in [2.75, 3.05) is 5.43 Å². The minimum Gasteiger partial charge on any atom is -0.488 e. The minimum atomic E-state index is -0.705. The Balaban J connectivity index is 1.73. The molecule has 1 N–H and O–H groups in total. The molecule has 3 aromatic carbocycles. The summed E-state index contributed by atoms with van der Waals surface area (Å²) in [6, 6.07) is 18.5. The molecular weight excluding hydrogens is 388 g/mol. The van der Waals surface area contributed by atoms with Crippen LogP contribution >= 0.6 is 0 Å². The van der Waals surface area contributed by atoms with Crippen molar-refractivity contribution in [2.24, 2.45) is 5.10 Å². The first kappa shape index (κ1) is 20.5. The Bertz CT molecular complexity index is 1100. The van der Waals surface area contributed by atoms with Crippen molar-refractivity contribution in [3.63, 3.8) is 0 Å². The molecule has 0 saturated heterocycles. The number of ether oxygens (including phenoxy) is 1. The molecule has 0 fully saturated rings. The molecule has 0 aromatic heterocycles. The lowest BCUT2D eigenvalue weighted by molar-refractivity contribution is -0.393. The van der Waals surface area contributed by atoms with Crippen molar-refractivity contribution in [1.82, 2.24) is 0 Å². The van der Waals surface area contributed by atoms with E-state index < -0.39 is 15.5 Å². The van der Waals surface area contributed by atoms with Crippen LogP contribution in [0.25, 0.3) is 0 Å². The molecule has 0 amide bonds. The summed E-state index contributed by atoms with van der Waals surface area (Å²) in [4.78, 5) is 20.6. The molecule has 3 rings (SSSR count). The zero-order valence-corrected chi connectivity index (χ0v) is 16.0. The summed E-state index contributed by atoms with van der Waals surface area (Å²) in [5.41, 5.74) is 4.65. The van der Waals surface area contributed by atoms with E-state index in [2.05, 4.69) is 10.5 Å². The number of hydrogen-bond acceptors (Lipinski definition) is 7. The Hall–Kier alpha value is -4.27. The standard InChI is InChI=1S/C21H18N4O5/c1-15-6-8-16(9-7-15)14-30-21-5-3-2-4-17(21)13-22-23-19-11-10-18(24(26)27)12-20(19)25(28)29/h2-13,23H,14H2,1H3/b22-13+. The number of hydrogen-bond donors (Lipinski definition) is 1. The van der Waals surface area contributed by atoms with Gasteiger partial charge in [0.2, 0.25) is 0 Å². The first-order chi connectivity index (χ1) is 14.4. The third-order valence-corrected chi connectivity index (χ3v) is 4.21. The van der Waals surface area contributed by atoms with Gasteiger partial charge >= 0.3 is 5.69 Å². The van der Waals surface area contributed by atoms with Crippen molar-refractivity contribution >= 4 is 23.3 Å². The number of nitro benzene ring substituents is 2. The predicted molar refractivity (Wildman–Crippen MR) is 113 cm³/mol. The van der Waals surface area contributed by atoms with Gasteiger partial charge in [0.1, 0.15) is 18.0 Å². The molecule has 0 unspecified atom stereocenters. The Kier molecular flexibility index (Phi) is 6.33. The van der Waals surface area contributed by atoms with Gasteiger partial charge in [0.05, 0.1) is 22.1 Å². The normalized spacial score (nSPS) is 10.7. The highest BCUT2D eigenvalue weighted by molar-refractivity contribution is 5.84. The van der Waals surface area contributed by atoms with E-state index >= 15 is 0 Å². The second-order valence-corrected chi connectivity index (χ2v) is 6.40. The van der Waals surface area contributed by atoms with Crippen molar-refractivity contribution < 1.29 is 14.6 Å². The number of nitro groups is 2. The Morgan fingerprint density at radius 3 is 2.43 bits per heavy atom. The molecule has 0 aliphatic carbocycles. The number of benzene rings is 3. The lowest BCUT2D eigenvalue weighted by Gasteiger charge is -2.09. The monoisotopic (exact) mass is 406 g/mol. The Morgan fingerprint density at radius 2 is 1.73 bits per heavy atom. The number of non-ortho nitro benzene ring substituents is 1. The van der Waals surface area contributed by atoms with Crippen molar-refractivity contribution in [2.45, 2.75) is 13.5 Å². The molecule has 152 valence electrons. The zero-order valence-electron chi connectivity index (χ0n) is 16.0. The molecule has 9 heteroatoms. The van der Waals surface area contributed by atoms with Crippen LogP contribution < -0.4 is 10.2 Å². The first-order valence-corrected chi connectivity index (χ1v) is 8.93. The molecule has 9 nitrogen and oxygen atoms in total. The summed E-state index contributed by atoms with van der Waals surface area (Å²) >= 11 is 0. The van der Waals surface area contributed by atoms with E-state index in [0.717, 1.165) is 17.2 Å². The molecule has 0 aliphatic rings. The number of nitrogens with one attached hydrogen (secondary N) is 1. The number of aryl methyl sites for hydroxylation is 1. The van der Waals surface area contributed by atoms with Gasteiger partial charge in [0.15, 0.2) is 0 Å². The summed E-state index contributed by atoms with van der Waals surface area (Å²) in [5.74, 6) is 0.599. The molecule has 3 aromatic rings. The van der Waals surface area contributed by atoms with Gasteiger partial charge in [-0.2, -0.15) is 5.10 Å². The van der Waals surface area contributed by atoms with Crippen LogP contribution in [0.4, 0.5) is 17.1 Å². The van der Waals surface area contributed by atoms with Crippen molar-refractivity contribution in [3.05, 3.63) is 104 Å². The van der Waals surface area contributed by atoms with Crippen LogP contribution in [-0.4, -0.2) is 16.1 Å². The Morgan fingerprint density at radius 1 is 1.00 bits per heavy atom. The minimum absolute atomic E-state index is 0.0416. The third kappa shape index (κ3) is 5.16. The largest absolute Gasteiger partial charge is 0.488 e. The van der Waals surface area contributed by atoms with Crippen LogP contribution in [0.3, 0.4) is 0 Å². The van der Waals surface area contributed by atoms with E-state index in [1.54, 1.807) is 12.1 Å². The molecule has 0 spiro atoms. The number of hydrazone groups is 1. The molecule has 0 aliphatic heterocycles. The van der Waals surface area contributed by atoms with Crippen LogP contribution in [0.15, 0.2) is 71.8 Å². The second kappa shape index (κ2) is 9.28. The molecule has 0 bridgehead atoms. The van der Waals surface area contributed by atoms with Gasteiger partial charge in [-0.1, -0.05) is 42.0 Å². The summed E-state index contributed by atoms with van der Waals surface area (Å²) in [5, 5.41) is 26.0. The number of nitrogens with zero attached hydrogens (tertiary/aromatic N) is 3. The van der Waals surface area contributed by atoms with Crippen LogP contribution in [-0.2, 0) is 6.61 Å². The maximum atomic E-state index is 11.2. The van der Waals surface area contributed by atoms with Gasteiger partial charge in [-0.15, -0.1) is 0 Å². The third-order valence-electron chi connectivity index (χ3n) is 4.21. The lowest BCUT2D eigenvalue weighted by Crippen LogP contribution is -2.00. The van der Waals surface area contributed by atoms with Gasteiger partial charge in [-0.25, -0.2) is 0 Å². The molecule has 0 atom stereocenters. The van der Waals surface area contributed by atoms with E-state index in [9.17, 15) is 20.2 Å². The van der Waals surface area contributed by atoms with Crippen LogP contribution in [0.1, 0.15) is 16.7 Å². The molecule has 0 saturated carbocycles. The van der Waals surface area contributed by atoms with Crippen LogP contribution in [0, 0.1) is 27.2 Å². The highest BCUT2D eigenvalue weighted by Crippen LogP contribution is 2.29. The topological polar surface area (TPSA) is 120 Å². The zero-order chi connectivity index (χ0) is 21.5. The molecule has 0 heterocycles. The second-order valence-electron chi connectivity index (χ2n) is 6.40. The fraction of sp³-hybridized carbons (Fsp3) is 0.0952. The van der Waals surface area contributed by atoms with Crippen LogP contribution in [0.2, 0.25) is 0 Å². The summed E-state index contributed by atoms with van der Waals surface area (Å²) in [6.45, 7) is 2.39. The summed E-state index contributed by atoms with van der Waals surface area (Å²) < 4.78 is 5.87. The van der Waals surface area contributed by atoms with E-state index in [1.807, 2.05) is 43.3 Å². The maximum absolute atomic E-state index is 11.2. The molecular formula is C21H18N4O5. The average molecular weight is 406 g/mol. The van der Waals surface area contributed by atoms with Crippen LogP contribution in [0.5, 0.6) is 5.75 Å². The average Bonchev–Trinajstić information content (AvgIpc) is 2.74. The van der Waals surface area contributed by atoms with Crippen molar-refractivity contribution in [3.8, 4) is 5.75 Å². The van der Waals surface area contributed by atoms with E-state index in [-0.39, 0.29) is 11.4 Å². The highest BCUT2D eigenvalue weighted by Gasteiger charge is 2.19. The fourth-order valence-corrected chi connectivity index (χ4v) is 2.61. The Labute approximate surface area is 171 Å². The lowest BCUT2D eigenvalue weighted by atomic mass is 10.1. The van der Waals surface area contributed by atoms with Gasteiger partial charge < -0.3 is 4.74 Å². The quantitative estimate of drug-likeness (QED) is 0.325. The van der Waals surface area contributed by atoms with Gasteiger partial charge in [-0.3, -0.25) is 25.7 Å². The van der Waals surface area contributed by atoms with Gasteiger partial charge in [0.25, 0.3) is 5.69 Å². The van der Waals surface area contributed by atoms with E-state index in [4.69, 9.17) is 4.74 Å². The first-order valence-electron chi connectivity index (χ1n) is 8.93.